The number of hydrogen-bond donors (Lipinski definition) is 4. The maximum absolute atomic E-state index is 11.6. The molecule has 4 N–H and O–H groups in total. The van der Waals surface area contributed by atoms with Gasteiger partial charge in [0.2, 0.25) is 0 Å². The second-order valence-electron chi connectivity index (χ2n) is 4.59. The summed E-state index contributed by atoms with van der Waals surface area (Å²) in [5.41, 5.74) is 4.74. The molecule has 0 heterocycles. The van der Waals surface area contributed by atoms with E-state index in [0.29, 0.717) is 39.6 Å². The molecule has 0 spiro atoms. The first-order chi connectivity index (χ1) is 10.5. The summed E-state index contributed by atoms with van der Waals surface area (Å²) in [7, 11) is 1.61. The van der Waals surface area contributed by atoms with Crippen LogP contribution < -0.4 is 16.2 Å². The van der Waals surface area contributed by atoms with E-state index in [1.54, 1.807) is 14.0 Å². The first kappa shape index (κ1) is 20.7. The van der Waals surface area contributed by atoms with Crippen LogP contribution in [-0.4, -0.2) is 75.8 Å². The molecule has 0 aromatic heterocycles. The van der Waals surface area contributed by atoms with Crippen molar-refractivity contribution >= 4 is 11.9 Å². The van der Waals surface area contributed by atoms with Gasteiger partial charge < -0.3 is 24.6 Å². The smallest absolute Gasteiger partial charge is 0.322 e. The minimum atomic E-state index is -1.04. The molecule has 130 valence electrons. The van der Waals surface area contributed by atoms with Gasteiger partial charge in [-0.1, -0.05) is 0 Å². The highest BCUT2D eigenvalue weighted by atomic mass is 16.5. The number of carbonyl (C=O) groups is 2. The lowest BCUT2D eigenvalue weighted by Crippen LogP contribution is -2.52. The summed E-state index contributed by atoms with van der Waals surface area (Å²) in [5.74, 6) is -1.38. The van der Waals surface area contributed by atoms with Crippen LogP contribution in [0.3, 0.4) is 0 Å². The number of aliphatic carboxylic acids is 1. The maximum atomic E-state index is 11.6. The molecule has 0 aliphatic heterocycles. The van der Waals surface area contributed by atoms with E-state index in [1.165, 1.54) is 6.92 Å². The Balaban J connectivity index is 3.50. The third kappa shape index (κ3) is 11.4. The van der Waals surface area contributed by atoms with E-state index >= 15 is 0 Å². The number of carboxylic acids is 1. The Hall–Kier alpha value is -1.26. The molecule has 0 saturated carbocycles. The fourth-order valence-electron chi connectivity index (χ4n) is 1.25. The number of hydrazine groups is 1. The van der Waals surface area contributed by atoms with Gasteiger partial charge in [-0.2, -0.15) is 0 Å². The number of amides is 1. The van der Waals surface area contributed by atoms with E-state index in [-0.39, 0.29) is 5.91 Å². The minimum Gasteiger partial charge on any atom is -0.480 e. The number of hydrogen-bond acceptors (Lipinski definition) is 7. The van der Waals surface area contributed by atoms with E-state index < -0.39 is 18.1 Å². The Labute approximate surface area is 130 Å². The summed E-state index contributed by atoms with van der Waals surface area (Å²) in [5, 5.41) is 11.6. The van der Waals surface area contributed by atoms with Crippen molar-refractivity contribution in [2.45, 2.75) is 25.9 Å². The molecule has 2 atom stereocenters. The van der Waals surface area contributed by atoms with Gasteiger partial charge in [0.15, 0.2) is 0 Å². The largest absolute Gasteiger partial charge is 0.480 e. The highest BCUT2D eigenvalue weighted by Crippen LogP contribution is 1.84. The minimum absolute atomic E-state index is 0.337. The molecule has 0 unspecified atom stereocenters. The average Bonchev–Trinajstić information content (AvgIpc) is 2.50. The zero-order valence-corrected chi connectivity index (χ0v) is 13.4. The quantitative estimate of drug-likeness (QED) is 0.231. The molecule has 0 aliphatic carbocycles. The van der Waals surface area contributed by atoms with Crippen LogP contribution >= 0.6 is 0 Å². The van der Waals surface area contributed by atoms with E-state index in [4.69, 9.17) is 19.3 Å². The average molecular weight is 321 g/mol. The Morgan fingerprint density at radius 2 is 1.59 bits per heavy atom. The van der Waals surface area contributed by atoms with Crippen molar-refractivity contribution in [1.82, 2.24) is 16.2 Å². The van der Waals surface area contributed by atoms with Gasteiger partial charge in [-0.15, -0.1) is 0 Å². The lowest BCUT2D eigenvalue weighted by molar-refractivity contribution is -0.139. The molecule has 0 aromatic rings. The number of methoxy groups -OCH3 is 1. The van der Waals surface area contributed by atoms with Gasteiger partial charge in [0.25, 0.3) is 5.91 Å². The Bertz CT molecular complexity index is 316. The monoisotopic (exact) mass is 321 g/mol. The number of rotatable bonds is 14. The predicted molar refractivity (Wildman–Crippen MR) is 79.4 cm³/mol. The second-order valence-corrected chi connectivity index (χ2v) is 4.59. The summed E-state index contributed by atoms with van der Waals surface area (Å²) < 4.78 is 15.4. The van der Waals surface area contributed by atoms with Crippen LogP contribution in [-0.2, 0) is 23.8 Å². The summed E-state index contributed by atoms with van der Waals surface area (Å²) in [6, 6.07) is -1.31. The highest BCUT2D eigenvalue weighted by Gasteiger charge is 2.15. The molecule has 0 saturated heterocycles. The molecule has 1 amide bonds. The van der Waals surface area contributed by atoms with Crippen molar-refractivity contribution < 1.29 is 28.9 Å². The Kier molecular flexibility index (Phi) is 12.6. The molecule has 0 fully saturated rings. The summed E-state index contributed by atoms with van der Waals surface area (Å²) >= 11 is 0. The zero-order valence-electron chi connectivity index (χ0n) is 13.4. The highest BCUT2D eigenvalue weighted by molar-refractivity contribution is 5.81. The number of nitrogens with one attached hydrogen (secondary N) is 3. The van der Waals surface area contributed by atoms with Gasteiger partial charge in [0, 0.05) is 13.7 Å². The van der Waals surface area contributed by atoms with Crippen molar-refractivity contribution in [2.75, 3.05) is 46.7 Å². The maximum Gasteiger partial charge on any atom is 0.322 e. The van der Waals surface area contributed by atoms with Crippen molar-refractivity contribution in [3.05, 3.63) is 0 Å². The van der Waals surface area contributed by atoms with Gasteiger partial charge in [-0.3, -0.25) is 15.0 Å². The first-order valence-electron chi connectivity index (χ1n) is 7.15. The van der Waals surface area contributed by atoms with Crippen molar-refractivity contribution in [2.24, 2.45) is 0 Å². The van der Waals surface area contributed by atoms with E-state index in [9.17, 15) is 9.59 Å². The summed E-state index contributed by atoms with van der Waals surface area (Å²) in [6.45, 7) is 6.13. The van der Waals surface area contributed by atoms with Crippen LogP contribution in [0.1, 0.15) is 13.8 Å². The molecule has 0 bridgehead atoms. The molecule has 0 radical (unpaired) electrons. The molecule has 22 heavy (non-hydrogen) atoms. The van der Waals surface area contributed by atoms with Crippen LogP contribution in [0.2, 0.25) is 0 Å². The second kappa shape index (κ2) is 13.4. The van der Waals surface area contributed by atoms with Gasteiger partial charge in [0.05, 0.1) is 39.1 Å². The van der Waals surface area contributed by atoms with Crippen LogP contribution in [0.4, 0.5) is 0 Å². The van der Waals surface area contributed by atoms with Crippen LogP contribution in [0.15, 0.2) is 0 Å². The number of carbonyl (C=O) groups excluding carboxylic acids is 1. The normalized spacial score (nSPS) is 13.6. The summed E-state index contributed by atoms with van der Waals surface area (Å²) in [4.78, 5) is 22.2. The van der Waals surface area contributed by atoms with E-state index in [0.717, 1.165) is 0 Å². The van der Waals surface area contributed by atoms with E-state index in [1.807, 2.05) is 0 Å². The molecule has 9 nitrogen and oxygen atoms in total. The molecule has 0 aromatic carbocycles. The zero-order chi connectivity index (χ0) is 16.8. The van der Waals surface area contributed by atoms with Crippen LogP contribution in [0.5, 0.6) is 0 Å². The van der Waals surface area contributed by atoms with E-state index in [2.05, 4.69) is 16.2 Å². The van der Waals surface area contributed by atoms with Crippen LogP contribution in [0, 0.1) is 0 Å². The fourth-order valence-corrected chi connectivity index (χ4v) is 1.25. The molecule has 0 aliphatic rings. The molecular weight excluding hydrogens is 294 g/mol. The van der Waals surface area contributed by atoms with Gasteiger partial charge >= 0.3 is 5.97 Å². The lowest BCUT2D eigenvalue weighted by atomic mass is 10.3. The van der Waals surface area contributed by atoms with Gasteiger partial charge in [-0.05, 0) is 13.8 Å². The topological polar surface area (TPSA) is 118 Å². The fraction of sp³-hybridized carbons (Fsp3) is 0.846. The Morgan fingerprint density at radius 1 is 1.00 bits per heavy atom. The van der Waals surface area contributed by atoms with Gasteiger partial charge in [-0.25, -0.2) is 5.43 Å². The third-order valence-corrected chi connectivity index (χ3v) is 2.68. The van der Waals surface area contributed by atoms with Crippen molar-refractivity contribution in [1.29, 1.82) is 0 Å². The molecule has 0 rings (SSSR count). The number of ether oxygens (including phenoxy) is 3. The molecule has 9 heteroatoms. The lowest BCUT2D eigenvalue weighted by Gasteiger charge is -2.16. The van der Waals surface area contributed by atoms with Crippen molar-refractivity contribution in [3.63, 3.8) is 0 Å². The van der Waals surface area contributed by atoms with Gasteiger partial charge in [0.1, 0.15) is 6.04 Å². The SMILES string of the molecule is COCCOCCOCCN[C@@H](C)C(=O)NN[C@H](C)C(=O)O. The van der Waals surface area contributed by atoms with Crippen molar-refractivity contribution in [3.8, 4) is 0 Å². The Morgan fingerprint density at radius 3 is 2.18 bits per heavy atom. The first-order valence-corrected chi connectivity index (χ1v) is 7.15. The number of carboxylic acid groups (broad SMARTS) is 1. The third-order valence-electron chi connectivity index (χ3n) is 2.68. The predicted octanol–water partition coefficient (Wildman–Crippen LogP) is -1.26. The van der Waals surface area contributed by atoms with Crippen LogP contribution in [0.25, 0.3) is 0 Å². The summed E-state index contributed by atoms with van der Waals surface area (Å²) in [6.07, 6.45) is 0. The molecular formula is C13H27N3O6. The standard InChI is InChI=1S/C13H27N3O6/c1-10(12(17)16-15-11(2)13(18)19)14-4-5-21-8-9-22-7-6-20-3/h10-11,14-15H,4-9H2,1-3H3,(H,16,17)(H,18,19)/t10-,11+/m0/s1.